The second-order valence-corrected chi connectivity index (χ2v) is 6.62. The third-order valence-electron chi connectivity index (χ3n) is 4.34. The first-order valence-electron chi connectivity index (χ1n) is 7.39. The molecule has 2 N–H and O–H groups in total. The summed E-state index contributed by atoms with van der Waals surface area (Å²) in [6.45, 7) is 3.85. The lowest BCUT2D eigenvalue weighted by atomic mass is 9.89. The highest BCUT2D eigenvalue weighted by molar-refractivity contribution is 7.10. The van der Waals surface area contributed by atoms with Gasteiger partial charge in [-0.25, -0.2) is 0 Å². The highest BCUT2D eigenvalue weighted by atomic mass is 35.5. The number of halogens is 1. The Labute approximate surface area is 142 Å². The van der Waals surface area contributed by atoms with Crippen molar-refractivity contribution >= 4 is 23.7 Å². The van der Waals surface area contributed by atoms with Gasteiger partial charge in [-0.05, 0) is 29.5 Å². The smallest absolute Gasteiger partial charge is 0.134 e. The minimum atomic E-state index is 0. The monoisotopic (exact) mass is 338 g/mol. The predicted molar refractivity (Wildman–Crippen MR) is 95.1 cm³/mol. The molecule has 0 bridgehead atoms. The van der Waals surface area contributed by atoms with Gasteiger partial charge in [0.15, 0.2) is 0 Å². The number of hydrogen-bond donors (Lipinski definition) is 1. The van der Waals surface area contributed by atoms with Gasteiger partial charge in [0.25, 0.3) is 0 Å². The molecule has 0 spiro atoms. The fourth-order valence-electron chi connectivity index (χ4n) is 3.24. The Bertz CT molecular complexity index is 575. The highest BCUT2D eigenvalue weighted by Crippen LogP contribution is 2.34. The number of nitrogens with two attached hydrogens (primary N) is 1. The molecule has 2 heterocycles. The van der Waals surface area contributed by atoms with Crippen molar-refractivity contribution in [2.45, 2.75) is 12.5 Å². The van der Waals surface area contributed by atoms with Gasteiger partial charge >= 0.3 is 0 Å². The molecule has 3 rings (SSSR count). The molecular formula is C17H23ClN2OS. The van der Waals surface area contributed by atoms with Gasteiger partial charge in [0.05, 0.1) is 12.0 Å². The Morgan fingerprint density at radius 3 is 2.68 bits per heavy atom. The minimum absolute atomic E-state index is 0. The third-order valence-corrected chi connectivity index (χ3v) is 5.23. The number of rotatable bonds is 5. The highest BCUT2D eigenvalue weighted by Gasteiger charge is 2.33. The molecule has 0 saturated carbocycles. The Morgan fingerprint density at radius 2 is 2.00 bits per heavy atom. The average molecular weight is 339 g/mol. The maximum Gasteiger partial charge on any atom is 0.134 e. The van der Waals surface area contributed by atoms with E-state index < -0.39 is 0 Å². The summed E-state index contributed by atoms with van der Waals surface area (Å²) in [6, 6.07) is 12.8. The molecule has 2 atom stereocenters. The van der Waals surface area contributed by atoms with E-state index in [9.17, 15) is 0 Å². The zero-order valence-corrected chi connectivity index (χ0v) is 14.4. The summed E-state index contributed by atoms with van der Waals surface area (Å²) in [6.07, 6.45) is 0. The molecule has 0 amide bonds. The van der Waals surface area contributed by atoms with Crippen molar-refractivity contribution in [2.75, 3.05) is 26.7 Å². The summed E-state index contributed by atoms with van der Waals surface area (Å²) >= 11 is 1.77. The van der Waals surface area contributed by atoms with Crippen LogP contribution in [-0.4, -0.2) is 31.6 Å². The summed E-state index contributed by atoms with van der Waals surface area (Å²) < 4.78 is 5.42. The molecule has 1 aromatic carbocycles. The normalized spacial score (nSPS) is 21.5. The lowest BCUT2D eigenvalue weighted by Gasteiger charge is -2.16. The fraction of sp³-hybridized carbons (Fsp3) is 0.412. The molecule has 0 unspecified atom stereocenters. The number of hydrogen-bond acceptors (Lipinski definition) is 4. The molecule has 120 valence electrons. The van der Waals surface area contributed by atoms with Gasteiger partial charge in [-0.1, -0.05) is 30.3 Å². The van der Waals surface area contributed by atoms with Crippen LogP contribution in [0.25, 0.3) is 0 Å². The van der Waals surface area contributed by atoms with E-state index in [0.717, 1.165) is 31.9 Å². The summed E-state index contributed by atoms with van der Waals surface area (Å²) in [7, 11) is 1.74. The van der Waals surface area contributed by atoms with Gasteiger partial charge in [0, 0.05) is 25.6 Å². The summed E-state index contributed by atoms with van der Waals surface area (Å²) in [5.41, 5.74) is 7.42. The van der Waals surface area contributed by atoms with E-state index in [-0.39, 0.29) is 12.4 Å². The summed E-state index contributed by atoms with van der Waals surface area (Å²) in [5, 5.41) is 2.10. The Morgan fingerprint density at radius 1 is 1.23 bits per heavy atom. The van der Waals surface area contributed by atoms with E-state index in [2.05, 4.69) is 40.6 Å². The molecule has 1 aliphatic heterocycles. The Kier molecular flexibility index (Phi) is 6.26. The second kappa shape index (κ2) is 7.97. The van der Waals surface area contributed by atoms with Crippen molar-refractivity contribution in [3.8, 4) is 5.75 Å². The molecule has 1 fully saturated rings. The van der Waals surface area contributed by atoms with Crippen LogP contribution in [-0.2, 0) is 6.54 Å². The van der Waals surface area contributed by atoms with Gasteiger partial charge in [-0.3, -0.25) is 4.90 Å². The first-order chi connectivity index (χ1) is 10.3. The van der Waals surface area contributed by atoms with E-state index in [1.165, 1.54) is 10.4 Å². The van der Waals surface area contributed by atoms with Gasteiger partial charge in [-0.15, -0.1) is 23.7 Å². The van der Waals surface area contributed by atoms with Gasteiger partial charge in [-0.2, -0.15) is 0 Å². The van der Waals surface area contributed by atoms with Gasteiger partial charge in [0.1, 0.15) is 5.75 Å². The van der Waals surface area contributed by atoms with Crippen LogP contribution in [0.1, 0.15) is 16.4 Å². The molecule has 22 heavy (non-hydrogen) atoms. The van der Waals surface area contributed by atoms with Crippen molar-refractivity contribution in [1.29, 1.82) is 0 Å². The fourth-order valence-corrected chi connectivity index (χ4v) is 4.12. The Balaban J connectivity index is 0.00000176. The average Bonchev–Trinajstić information content (AvgIpc) is 3.14. The van der Waals surface area contributed by atoms with Crippen LogP contribution in [0.3, 0.4) is 0 Å². The first kappa shape index (κ1) is 17.3. The number of nitrogens with zero attached hydrogens (tertiary/aromatic N) is 1. The molecule has 2 aromatic rings. The van der Waals surface area contributed by atoms with E-state index in [1.807, 2.05) is 6.07 Å². The van der Waals surface area contributed by atoms with E-state index >= 15 is 0 Å². The molecule has 1 aromatic heterocycles. The third kappa shape index (κ3) is 3.63. The molecule has 3 nitrogen and oxygen atoms in total. The van der Waals surface area contributed by atoms with E-state index in [0.29, 0.717) is 11.8 Å². The molecule has 5 heteroatoms. The number of ether oxygens (including phenoxy) is 1. The zero-order chi connectivity index (χ0) is 14.7. The van der Waals surface area contributed by atoms with Crippen LogP contribution in [0.15, 0.2) is 41.8 Å². The quantitative estimate of drug-likeness (QED) is 0.908. The first-order valence-corrected chi connectivity index (χ1v) is 8.27. The standard InChI is InChI=1S/C17H22N2OS.ClH/c1-20-16-7-8-21-17(16)12-19-10-14(9-18)15(11-19)13-5-3-2-4-6-13;/h2-8,14-15H,9-12,18H2,1H3;1H/t14-,15+;/m1./s1. The molecule has 0 radical (unpaired) electrons. The molecular weight excluding hydrogens is 316 g/mol. The van der Waals surface area contributed by atoms with Crippen molar-refractivity contribution < 1.29 is 4.74 Å². The predicted octanol–water partition coefficient (Wildman–Crippen LogP) is 3.35. The van der Waals surface area contributed by atoms with E-state index in [4.69, 9.17) is 10.5 Å². The summed E-state index contributed by atoms with van der Waals surface area (Å²) in [4.78, 5) is 3.81. The van der Waals surface area contributed by atoms with Gasteiger partial charge < -0.3 is 10.5 Å². The van der Waals surface area contributed by atoms with Crippen LogP contribution in [0.4, 0.5) is 0 Å². The van der Waals surface area contributed by atoms with Crippen LogP contribution in [0, 0.1) is 5.92 Å². The minimum Gasteiger partial charge on any atom is -0.496 e. The number of thiophene rings is 1. The van der Waals surface area contributed by atoms with Crippen LogP contribution >= 0.6 is 23.7 Å². The number of likely N-dealkylation sites (tertiary alicyclic amines) is 1. The number of benzene rings is 1. The lowest BCUT2D eigenvalue weighted by Crippen LogP contribution is -2.23. The Hall–Kier alpha value is -1.07. The topological polar surface area (TPSA) is 38.5 Å². The second-order valence-electron chi connectivity index (χ2n) is 5.62. The van der Waals surface area contributed by atoms with Crippen LogP contribution < -0.4 is 10.5 Å². The molecule has 0 aliphatic carbocycles. The maximum absolute atomic E-state index is 6.00. The van der Waals surface area contributed by atoms with Crippen molar-refractivity contribution in [2.24, 2.45) is 11.7 Å². The molecule has 1 saturated heterocycles. The lowest BCUT2D eigenvalue weighted by molar-refractivity contribution is 0.312. The maximum atomic E-state index is 6.00. The summed E-state index contributed by atoms with van der Waals surface area (Å²) in [5.74, 6) is 2.09. The largest absolute Gasteiger partial charge is 0.496 e. The van der Waals surface area contributed by atoms with Crippen LogP contribution in [0.5, 0.6) is 5.75 Å². The van der Waals surface area contributed by atoms with Crippen LogP contribution in [0.2, 0.25) is 0 Å². The van der Waals surface area contributed by atoms with Crippen molar-refractivity contribution in [3.05, 3.63) is 52.2 Å². The van der Waals surface area contributed by atoms with Crippen molar-refractivity contribution in [1.82, 2.24) is 4.90 Å². The number of methoxy groups -OCH3 is 1. The van der Waals surface area contributed by atoms with Gasteiger partial charge in [0.2, 0.25) is 0 Å². The zero-order valence-electron chi connectivity index (χ0n) is 12.8. The SMILES string of the molecule is COc1ccsc1CN1C[C@@H](CN)[C@H](c2ccccc2)C1.Cl. The molecule has 1 aliphatic rings. The van der Waals surface area contributed by atoms with Crippen molar-refractivity contribution in [3.63, 3.8) is 0 Å². The van der Waals surface area contributed by atoms with E-state index in [1.54, 1.807) is 18.4 Å².